The molecule has 46 heavy (non-hydrogen) atoms. The van der Waals surface area contributed by atoms with Crippen LogP contribution in [0.2, 0.25) is 0 Å². The van der Waals surface area contributed by atoms with Gasteiger partial charge in [0, 0.05) is 23.4 Å². The lowest BCUT2D eigenvalue weighted by Crippen LogP contribution is -2.56. The fraction of sp³-hybridized carbons (Fsp3) is 0.625. The van der Waals surface area contributed by atoms with E-state index in [2.05, 4.69) is 26.6 Å². The van der Waals surface area contributed by atoms with Crippen LogP contribution < -0.4 is 10.6 Å². The minimum Gasteiger partial charge on any atom is -0.467 e. The van der Waals surface area contributed by atoms with E-state index in [0.29, 0.717) is 35.6 Å². The molecule has 250 valence electrons. The van der Waals surface area contributed by atoms with Gasteiger partial charge in [0.2, 0.25) is 11.8 Å². The number of carbonyl (C=O) groups is 4. The molecule has 2 N–H and O–H groups in total. The van der Waals surface area contributed by atoms with Crippen LogP contribution >= 0.6 is 15.9 Å². The number of nitrogens with zero attached hydrogens (tertiary/aromatic N) is 1. The van der Waals surface area contributed by atoms with Crippen molar-refractivity contribution in [2.75, 3.05) is 13.7 Å². The molecule has 0 radical (unpaired) electrons. The molecule has 3 saturated carbocycles. The number of nitrogens with one attached hydrogen (secondary N) is 2. The molecule has 6 rings (SSSR count). The smallest absolute Gasteiger partial charge is 0.408 e. The van der Waals surface area contributed by atoms with Gasteiger partial charge >= 0.3 is 12.1 Å². The summed E-state index contributed by atoms with van der Waals surface area (Å²) in [4.78, 5) is 55.1. The van der Waals surface area contributed by atoms with Gasteiger partial charge in [0.05, 0.1) is 18.1 Å². The monoisotopic (exact) mass is 721 g/mol. The molecule has 2 aliphatic heterocycles. The van der Waals surface area contributed by atoms with Crippen LogP contribution in [0, 0.1) is 17.8 Å². The minimum atomic E-state index is -4.24. The molecule has 2 heterocycles. The number of hydrogen-bond donors (Lipinski definition) is 2. The summed E-state index contributed by atoms with van der Waals surface area (Å²) in [5.74, 6) is -0.793. The number of carbonyl (C=O) groups excluding carboxylic acids is 4. The van der Waals surface area contributed by atoms with E-state index in [0.717, 1.165) is 32.1 Å². The van der Waals surface area contributed by atoms with E-state index in [1.54, 1.807) is 12.1 Å². The largest absolute Gasteiger partial charge is 0.467 e. The quantitative estimate of drug-likeness (QED) is 0.255. The summed E-state index contributed by atoms with van der Waals surface area (Å²) in [6, 6.07) is 3.78. The van der Waals surface area contributed by atoms with Gasteiger partial charge in [-0.25, -0.2) is 9.59 Å². The number of alkyl carbamates (subject to hydrolysis) is 1. The maximum atomic E-state index is 14.2. The number of halogens is 1. The number of allylic oxidation sites excluding steroid dienone is 1. The predicted molar refractivity (Wildman–Crippen MR) is 168 cm³/mol. The zero-order valence-electron chi connectivity index (χ0n) is 25.7. The van der Waals surface area contributed by atoms with Gasteiger partial charge in [-0.15, -0.1) is 0 Å². The highest BCUT2D eigenvalue weighted by atomic mass is 79.9. The molecule has 1 aromatic rings. The first-order valence-electron chi connectivity index (χ1n) is 16.0. The third-order valence-corrected chi connectivity index (χ3v) is 11.8. The Morgan fingerprint density at radius 3 is 2.48 bits per heavy atom. The molecule has 1 saturated heterocycles. The van der Waals surface area contributed by atoms with E-state index < -0.39 is 57.7 Å². The zero-order chi connectivity index (χ0) is 32.6. The summed E-state index contributed by atoms with van der Waals surface area (Å²) in [5.41, 5.74) is -1.27. The van der Waals surface area contributed by atoms with Crippen molar-refractivity contribution >= 4 is 49.9 Å². The molecular formula is C32H40BrN3O9S. The average Bonchev–Trinajstić information content (AvgIpc) is 3.81. The van der Waals surface area contributed by atoms with Crippen molar-refractivity contribution < 1.29 is 41.3 Å². The second-order valence-electron chi connectivity index (χ2n) is 13.1. The SMILES string of the molecule is COC(=O)[C@@]12C[C@@H]1/C=C\CCCCC[C@H](NC(=O)OC1C[C@@H]3C[C@@H]3C1)C(=O)N1C[C@@H](OS(=O)(=O)c3ccc(Br)cc3)C[C@H]1C(=O)N2. The number of esters is 1. The highest BCUT2D eigenvalue weighted by Crippen LogP contribution is 2.52. The van der Waals surface area contributed by atoms with E-state index >= 15 is 0 Å². The highest BCUT2D eigenvalue weighted by Gasteiger charge is 2.62. The first-order chi connectivity index (χ1) is 22.0. The summed E-state index contributed by atoms with van der Waals surface area (Å²) in [6.07, 6.45) is 8.39. The molecule has 0 spiro atoms. The summed E-state index contributed by atoms with van der Waals surface area (Å²) >= 11 is 3.29. The van der Waals surface area contributed by atoms with Crippen LogP contribution in [0.25, 0.3) is 0 Å². The van der Waals surface area contributed by atoms with Gasteiger partial charge in [0.15, 0.2) is 0 Å². The Bertz CT molecular complexity index is 1490. The maximum Gasteiger partial charge on any atom is 0.408 e. The van der Waals surface area contributed by atoms with E-state index in [1.165, 1.54) is 30.6 Å². The standard InChI is InChI=1S/C32H40BrN3O9S/c1-43-30(39)32-17-21(32)7-5-3-2-4-6-8-26(34-31(40)44-23-14-19-13-20(19)15-23)29(38)36-18-24(16-27(36)28(37)35-32)45-46(41,42)25-11-9-22(33)10-12-25/h5,7,9-12,19-21,23-24,26-27H,2-4,6,8,13-18H2,1H3,(H,34,40)(H,35,37)/b7-5-/t19-,20+,21-,23?,24-,26-,27-,32+/m0/s1. The van der Waals surface area contributed by atoms with Crippen LogP contribution in [0.4, 0.5) is 4.79 Å². The van der Waals surface area contributed by atoms with Gasteiger partial charge in [-0.3, -0.25) is 13.8 Å². The third-order valence-electron chi connectivity index (χ3n) is 9.92. The number of hydrogen-bond acceptors (Lipinski definition) is 9. The van der Waals surface area contributed by atoms with Crippen molar-refractivity contribution in [2.45, 2.75) is 98.9 Å². The number of amides is 3. The fourth-order valence-electron chi connectivity index (χ4n) is 7.22. The lowest BCUT2D eigenvalue weighted by molar-refractivity contribution is -0.148. The van der Waals surface area contributed by atoms with Crippen LogP contribution in [-0.2, 0) is 38.2 Å². The molecule has 0 bridgehead atoms. The molecule has 8 atom stereocenters. The number of rotatable bonds is 6. The van der Waals surface area contributed by atoms with Crippen molar-refractivity contribution in [3.8, 4) is 0 Å². The highest BCUT2D eigenvalue weighted by molar-refractivity contribution is 9.10. The summed E-state index contributed by atoms with van der Waals surface area (Å²) < 4.78 is 43.3. The predicted octanol–water partition coefficient (Wildman–Crippen LogP) is 3.59. The molecule has 3 aliphatic carbocycles. The van der Waals surface area contributed by atoms with Crippen LogP contribution in [0.3, 0.4) is 0 Å². The topological polar surface area (TPSA) is 157 Å². The van der Waals surface area contributed by atoms with Gasteiger partial charge in [-0.1, -0.05) is 40.9 Å². The van der Waals surface area contributed by atoms with Crippen LogP contribution in [0.1, 0.15) is 64.2 Å². The van der Waals surface area contributed by atoms with Crippen molar-refractivity contribution in [3.63, 3.8) is 0 Å². The Hall–Kier alpha value is -2.97. The van der Waals surface area contributed by atoms with Crippen molar-refractivity contribution in [2.24, 2.45) is 17.8 Å². The van der Waals surface area contributed by atoms with Gasteiger partial charge in [-0.05, 0) is 81.0 Å². The van der Waals surface area contributed by atoms with E-state index in [-0.39, 0.29) is 29.9 Å². The number of methoxy groups -OCH3 is 1. The Labute approximate surface area is 277 Å². The maximum absolute atomic E-state index is 14.2. The molecule has 1 aromatic carbocycles. The van der Waals surface area contributed by atoms with Crippen LogP contribution in [0.5, 0.6) is 0 Å². The normalized spacial score (nSPS) is 34.9. The van der Waals surface area contributed by atoms with E-state index in [1.807, 2.05) is 12.2 Å². The Kier molecular flexibility index (Phi) is 9.50. The molecule has 4 fully saturated rings. The first kappa shape index (κ1) is 33.0. The van der Waals surface area contributed by atoms with E-state index in [9.17, 15) is 27.6 Å². The number of benzene rings is 1. The first-order valence-corrected chi connectivity index (χ1v) is 18.2. The Morgan fingerprint density at radius 1 is 1.02 bits per heavy atom. The second-order valence-corrected chi connectivity index (χ2v) is 15.6. The van der Waals surface area contributed by atoms with Crippen molar-refractivity contribution in [1.29, 1.82) is 0 Å². The van der Waals surface area contributed by atoms with Gasteiger partial charge in [0.1, 0.15) is 23.7 Å². The van der Waals surface area contributed by atoms with Crippen molar-refractivity contribution in [3.05, 3.63) is 40.9 Å². The fourth-order valence-corrected chi connectivity index (χ4v) is 8.56. The molecule has 1 unspecified atom stereocenters. The Balaban J connectivity index is 1.24. The molecule has 3 amide bonds. The zero-order valence-corrected chi connectivity index (χ0v) is 28.1. The van der Waals surface area contributed by atoms with Crippen LogP contribution in [-0.4, -0.2) is 80.7 Å². The van der Waals surface area contributed by atoms with E-state index in [4.69, 9.17) is 13.7 Å². The van der Waals surface area contributed by atoms with Gasteiger partial charge in [-0.2, -0.15) is 8.42 Å². The third kappa shape index (κ3) is 7.13. The summed E-state index contributed by atoms with van der Waals surface area (Å²) in [7, 11) is -2.98. The summed E-state index contributed by atoms with van der Waals surface area (Å²) in [5, 5.41) is 5.59. The molecule has 5 aliphatic rings. The lowest BCUT2D eigenvalue weighted by atomic mass is 10.0. The number of ether oxygens (including phenoxy) is 2. The molecule has 14 heteroatoms. The minimum absolute atomic E-state index is 0.0694. The molecule has 0 aromatic heterocycles. The summed E-state index contributed by atoms with van der Waals surface area (Å²) in [6.45, 7) is -0.208. The lowest BCUT2D eigenvalue weighted by Gasteiger charge is -2.29. The number of fused-ring (bicyclic) bond motifs is 3. The average molecular weight is 723 g/mol. The Morgan fingerprint density at radius 2 is 1.76 bits per heavy atom. The molecule has 12 nitrogen and oxygen atoms in total. The second kappa shape index (κ2) is 13.3. The van der Waals surface area contributed by atoms with Crippen molar-refractivity contribution in [1.82, 2.24) is 15.5 Å². The van der Waals surface area contributed by atoms with Crippen LogP contribution in [0.15, 0.2) is 45.8 Å². The van der Waals surface area contributed by atoms with Gasteiger partial charge < -0.3 is 25.0 Å². The van der Waals surface area contributed by atoms with Gasteiger partial charge in [0.25, 0.3) is 10.1 Å². The molecular weight excluding hydrogens is 682 g/mol.